The van der Waals surface area contributed by atoms with Crippen LogP contribution in [0.2, 0.25) is 0 Å². The number of thioether (sulfide) groups is 1. The first kappa shape index (κ1) is 13.1. The topological polar surface area (TPSA) is 26.0 Å². The van der Waals surface area contributed by atoms with Gasteiger partial charge < -0.3 is 5.73 Å². The van der Waals surface area contributed by atoms with E-state index >= 15 is 0 Å². The summed E-state index contributed by atoms with van der Waals surface area (Å²) in [6.07, 6.45) is 0. The molecule has 3 heteroatoms. The maximum atomic E-state index is 14.0. The van der Waals surface area contributed by atoms with Crippen molar-refractivity contribution in [3.63, 3.8) is 0 Å². The van der Waals surface area contributed by atoms with Gasteiger partial charge in [0.05, 0.1) is 0 Å². The summed E-state index contributed by atoms with van der Waals surface area (Å²) in [6.45, 7) is 2.30. The molecule has 2 aromatic carbocycles. The van der Waals surface area contributed by atoms with Gasteiger partial charge in [0.1, 0.15) is 5.82 Å². The summed E-state index contributed by atoms with van der Waals surface area (Å²) in [4.78, 5) is 1.16. The first-order valence-corrected chi connectivity index (χ1v) is 6.85. The second-order valence-corrected chi connectivity index (χ2v) is 5.25. The molecule has 0 aliphatic carbocycles. The van der Waals surface area contributed by atoms with Gasteiger partial charge in [-0.05, 0) is 24.6 Å². The summed E-state index contributed by atoms with van der Waals surface area (Å²) in [5.41, 5.74) is 8.01. The number of halogens is 1. The minimum absolute atomic E-state index is 0.167. The Balaban J connectivity index is 2.11. The van der Waals surface area contributed by atoms with Gasteiger partial charge in [0.15, 0.2) is 0 Å². The highest BCUT2D eigenvalue weighted by atomic mass is 32.2. The Hall–Kier alpha value is -1.32. The van der Waals surface area contributed by atoms with E-state index in [0.29, 0.717) is 16.9 Å². The van der Waals surface area contributed by atoms with E-state index in [4.69, 9.17) is 5.73 Å². The average molecular weight is 261 g/mol. The Morgan fingerprint density at radius 1 is 1.11 bits per heavy atom. The summed E-state index contributed by atoms with van der Waals surface area (Å²) in [5.74, 6) is 0.462. The fourth-order valence-corrected chi connectivity index (χ4v) is 2.76. The molecule has 2 rings (SSSR count). The second-order valence-electron chi connectivity index (χ2n) is 4.20. The van der Waals surface area contributed by atoms with Crippen LogP contribution < -0.4 is 5.73 Å². The van der Waals surface area contributed by atoms with E-state index in [1.54, 1.807) is 17.8 Å². The molecule has 0 spiro atoms. The minimum Gasteiger partial charge on any atom is -0.326 e. The molecular weight excluding hydrogens is 245 g/mol. The third-order valence-electron chi connectivity index (χ3n) is 2.76. The van der Waals surface area contributed by atoms with Gasteiger partial charge in [-0.25, -0.2) is 4.39 Å². The zero-order valence-electron chi connectivity index (χ0n) is 10.3. The second kappa shape index (κ2) is 6.03. The average Bonchev–Trinajstić information content (AvgIpc) is 2.38. The lowest BCUT2D eigenvalue weighted by atomic mass is 10.1. The Labute approximate surface area is 111 Å². The van der Waals surface area contributed by atoms with Crippen LogP contribution in [0.4, 0.5) is 4.39 Å². The molecule has 0 aromatic heterocycles. The number of nitrogens with two attached hydrogens (primary N) is 1. The zero-order valence-corrected chi connectivity index (χ0v) is 11.1. The van der Waals surface area contributed by atoms with Crippen molar-refractivity contribution in [1.82, 2.24) is 0 Å². The summed E-state index contributed by atoms with van der Waals surface area (Å²) < 4.78 is 14.0. The van der Waals surface area contributed by atoms with Crippen molar-refractivity contribution in [1.29, 1.82) is 0 Å². The van der Waals surface area contributed by atoms with Crippen LogP contribution in [0, 0.1) is 12.7 Å². The first-order chi connectivity index (χ1) is 8.70. The minimum atomic E-state index is -0.167. The molecule has 0 aliphatic rings. The molecule has 0 aliphatic heterocycles. The maximum Gasteiger partial charge on any atom is 0.131 e. The number of hydrogen-bond donors (Lipinski definition) is 1. The van der Waals surface area contributed by atoms with Crippen molar-refractivity contribution < 1.29 is 4.39 Å². The van der Waals surface area contributed by atoms with Gasteiger partial charge in [0, 0.05) is 22.8 Å². The number of benzene rings is 2. The van der Waals surface area contributed by atoms with E-state index in [1.165, 1.54) is 5.56 Å². The third-order valence-corrected chi connectivity index (χ3v) is 3.81. The first-order valence-electron chi connectivity index (χ1n) is 5.86. The molecule has 0 saturated heterocycles. The Bertz CT molecular complexity index is 540. The van der Waals surface area contributed by atoms with Gasteiger partial charge >= 0.3 is 0 Å². The molecule has 2 N–H and O–H groups in total. The van der Waals surface area contributed by atoms with Gasteiger partial charge in [0.25, 0.3) is 0 Å². The van der Waals surface area contributed by atoms with E-state index in [9.17, 15) is 4.39 Å². The standard InChI is InChI=1S/C15H16FNS/c1-11-4-2-7-14(8-11)18-10-13-6-3-5-12(9-17)15(13)16/h2-8H,9-10,17H2,1H3. The van der Waals surface area contributed by atoms with Crippen molar-refractivity contribution in [3.05, 3.63) is 65.0 Å². The van der Waals surface area contributed by atoms with Crippen molar-refractivity contribution >= 4 is 11.8 Å². The van der Waals surface area contributed by atoms with Gasteiger partial charge in [-0.15, -0.1) is 11.8 Å². The summed E-state index contributed by atoms with van der Waals surface area (Å²) in [6, 6.07) is 13.6. The van der Waals surface area contributed by atoms with Crippen LogP contribution in [0.15, 0.2) is 47.4 Å². The highest BCUT2D eigenvalue weighted by Crippen LogP contribution is 2.25. The van der Waals surface area contributed by atoms with Crippen molar-refractivity contribution in [2.75, 3.05) is 0 Å². The molecule has 0 atom stereocenters. The Morgan fingerprint density at radius 2 is 1.83 bits per heavy atom. The molecule has 0 fully saturated rings. The lowest BCUT2D eigenvalue weighted by Crippen LogP contribution is -2.02. The van der Waals surface area contributed by atoms with E-state index in [-0.39, 0.29) is 12.4 Å². The Morgan fingerprint density at radius 3 is 2.56 bits per heavy atom. The molecule has 0 heterocycles. The number of hydrogen-bond acceptors (Lipinski definition) is 2. The van der Waals surface area contributed by atoms with Crippen LogP contribution >= 0.6 is 11.8 Å². The van der Waals surface area contributed by atoms with Gasteiger partial charge in [-0.1, -0.05) is 35.9 Å². The molecule has 1 nitrogen and oxygen atoms in total. The van der Waals surface area contributed by atoms with E-state index < -0.39 is 0 Å². The quantitative estimate of drug-likeness (QED) is 0.845. The van der Waals surface area contributed by atoms with Gasteiger partial charge in [-0.2, -0.15) is 0 Å². The van der Waals surface area contributed by atoms with Crippen LogP contribution in [0.25, 0.3) is 0 Å². The fourth-order valence-electron chi connectivity index (χ4n) is 1.77. The third kappa shape index (κ3) is 3.12. The van der Waals surface area contributed by atoms with Gasteiger partial charge in [0.2, 0.25) is 0 Å². The largest absolute Gasteiger partial charge is 0.326 e. The normalized spacial score (nSPS) is 10.6. The molecule has 0 unspecified atom stereocenters. The van der Waals surface area contributed by atoms with Crippen molar-refractivity contribution in [3.8, 4) is 0 Å². The molecule has 0 bridgehead atoms. The summed E-state index contributed by atoms with van der Waals surface area (Å²) in [5, 5.41) is 0. The lowest BCUT2D eigenvalue weighted by molar-refractivity contribution is 0.600. The SMILES string of the molecule is Cc1cccc(SCc2cccc(CN)c2F)c1. The van der Waals surface area contributed by atoms with E-state index in [0.717, 1.165) is 4.90 Å². The molecule has 94 valence electrons. The van der Waals surface area contributed by atoms with E-state index in [2.05, 4.69) is 19.1 Å². The van der Waals surface area contributed by atoms with Crippen LogP contribution in [0.5, 0.6) is 0 Å². The fraction of sp³-hybridized carbons (Fsp3) is 0.200. The number of rotatable bonds is 4. The molecule has 0 saturated carbocycles. The van der Waals surface area contributed by atoms with Crippen LogP contribution in [0.3, 0.4) is 0 Å². The molecule has 18 heavy (non-hydrogen) atoms. The molecule has 0 amide bonds. The highest BCUT2D eigenvalue weighted by Gasteiger charge is 2.07. The van der Waals surface area contributed by atoms with Gasteiger partial charge in [-0.3, -0.25) is 0 Å². The van der Waals surface area contributed by atoms with Crippen LogP contribution in [-0.4, -0.2) is 0 Å². The Kier molecular flexibility index (Phi) is 4.39. The summed E-state index contributed by atoms with van der Waals surface area (Å²) >= 11 is 1.64. The smallest absolute Gasteiger partial charge is 0.131 e. The zero-order chi connectivity index (χ0) is 13.0. The van der Waals surface area contributed by atoms with Crippen molar-refractivity contribution in [2.24, 2.45) is 5.73 Å². The predicted molar refractivity (Wildman–Crippen MR) is 75.0 cm³/mol. The number of aryl methyl sites for hydroxylation is 1. The van der Waals surface area contributed by atoms with Crippen molar-refractivity contribution in [2.45, 2.75) is 24.1 Å². The molecule has 0 radical (unpaired) electrons. The lowest BCUT2D eigenvalue weighted by Gasteiger charge is -2.07. The highest BCUT2D eigenvalue weighted by molar-refractivity contribution is 7.98. The molecular formula is C15H16FNS. The molecule has 2 aromatic rings. The van der Waals surface area contributed by atoms with E-state index in [1.807, 2.05) is 24.3 Å². The van der Waals surface area contributed by atoms with Crippen LogP contribution in [-0.2, 0) is 12.3 Å². The maximum absolute atomic E-state index is 14.0. The van der Waals surface area contributed by atoms with Crippen LogP contribution in [0.1, 0.15) is 16.7 Å². The monoisotopic (exact) mass is 261 g/mol. The predicted octanol–water partition coefficient (Wildman–Crippen LogP) is 3.89. The summed E-state index contributed by atoms with van der Waals surface area (Å²) in [7, 11) is 0.